The van der Waals surface area contributed by atoms with Gasteiger partial charge in [0.2, 0.25) is 0 Å². The third-order valence-electron chi connectivity index (χ3n) is 4.30. The van der Waals surface area contributed by atoms with Crippen molar-refractivity contribution in [3.63, 3.8) is 0 Å². The molecule has 24 heavy (non-hydrogen) atoms. The second-order valence-electron chi connectivity index (χ2n) is 6.00. The Labute approximate surface area is 146 Å². The minimum Gasteiger partial charge on any atom is -0.465 e. The molecule has 0 N–H and O–H groups in total. The number of benzene rings is 1. The summed E-state index contributed by atoms with van der Waals surface area (Å²) >= 11 is 1.58. The van der Waals surface area contributed by atoms with Crippen LogP contribution in [0.4, 0.5) is 0 Å². The van der Waals surface area contributed by atoms with E-state index in [4.69, 9.17) is 4.74 Å². The lowest BCUT2D eigenvalue weighted by atomic mass is 9.76. The highest BCUT2D eigenvalue weighted by molar-refractivity contribution is 7.10. The summed E-state index contributed by atoms with van der Waals surface area (Å²) in [4.78, 5) is 26.1. The Hall–Kier alpha value is -2.20. The van der Waals surface area contributed by atoms with E-state index >= 15 is 0 Å². The third-order valence-corrected chi connectivity index (χ3v) is 5.31. The standard InChI is InChI=1S/C20H20O3S/c1-3-23-20(22)19-16(18-8-5-9-24-18)11-15(12-17(19)21)14-7-4-6-13(2)10-14/h4-10,12,16,19H,3,11H2,1-2H3. The Morgan fingerprint density at radius 1 is 1.29 bits per heavy atom. The molecule has 3 nitrogen and oxygen atoms in total. The van der Waals surface area contributed by atoms with Crippen molar-refractivity contribution in [2.24, 2.45) is 5.92 Å². The van der Waals surface area contributed by atoms with Gasteiger partial charge in [-0.15, -0.1) is 11.3 Å². The maximum atomic E-state index is 12.7. The second-order valence-corrected chi connectivity index (χ2v) is 6.98. The molecule has 2 aromatic rings. The maximum absolute atomic E-state index is 12.7. The van der Waals surface area contributed by atoms with Crippen LogP contribution < -0.4 is 0 Å². The van der Waals surface area contributed by atoms with Crippen LogP contribution in [0.3, 0.4) is 0 Å². The minimum absolute atomic E-state index is 0.155. The van der Waals surface area contributed by atoms with Crippen LogP contribution in [0.25, 0.3) is 5.57 Å². The van der Waals surface area contributed by atoms with E-state index in [1.54, 1.807) is 24.3 Å². The summed E-state index contributed by atoms with van der Waals surface area (Å²) in [5.41, 5.74) is 3.19. The average Bonchev–Trinajstić information content (AvgIpc) is 3.08. The van der Waals surface area contributed by atoms with E-state index in [1.165, 1.54) is 0 Å². The molecule has 2 unspecified atom stereocenters. The highest BCUT2D eigenvalue weighted by Gasteiger charge is 2.40. The van der Waals surface area contributed by atoms with Crippen LogP contribution in [0.1, 0.15) is 35.3 Å². The van der Waals surface area contributed by atoms with Crippen LogP contribution in [0, 0.1) is 12.8 Å². The fourth-order valence-corrected chi connectivity index (χ4v) is 4.06. The van der Waals surface area contributed by atoms with Gasteiger partial charge in [-0.05, 0) is 48.9 Å². The molecular formula is C20H20O3S. The number of allylic oxidation sites excluding steroid dienone is 2. The number of esters is 1. The zero-order chi connectivity index (χ0) is 17.1. The molecular weight excluding hydrogens is 320 g/mol. The number of ketones is 1. The predicted octanol–water partition coefficient (Wildman–Crippen LogP) is 4.38. The molecule has 1 heterocycles. The molecule has 2 atom stereocenters. The highest BCUT2D eigenvalue weighted by Crippen LogP contribution is 2.41. The Kier molecular flexibility index (Phi) is 4.95. The number of hydrogen-bond donors (Lipinski definition) is 0. The summed E-state index contributed by atoms with van der Waals surface area (Å²) in [7, 11) is 0. The Bertz CT molecular complexity index is 774. The van der Waals surface area contributed by atoms with Crippen LogP contribution >= 0.6 is 11.3 Å². The van der Waals surface area contributed by atoms with E-state index in [0.29, 0.717) is 6.42 Å². The van der Waals surface area contributed by atoms with Gasteiger partial charge in [0.05, 0.1) is 6.61 Å². The van der Waals surface area contributed by atoms with Crippen molar-refractivity contribution in [2.45, 2.75) is 26.2 Å². The summed E-state index contributed by atoms with van der Waals surface area (Å²) in [6.07, 6.45) is 2.29. The van der Waals surface area contributed by atoms with E-state index in [0.717, 1.165) is 21.6 Å². The number of ether oxygens (including phenoxy) is 1. The Balaban J connectivity index is 2.00. The summed E-state index contributed by atoms with van der Waals surface area (Å²) in [5, 5.41) is 1.98. The average molecular weight is 340 g/mol. The van der Waals surface area contributed by atoms with Gasteiger partial charge < -0.3 is 4.74 Å². The molecule has 0 bridgehead atoms. The highest BCUT2D eigenvalue weighted by atomic mass is 32.1. The molecule has 0 fully saturated rings. The summed E-state index contributed by atoms with van der Waals surface area (Å²) in [6.45, 7) is 4.08. The van der Waals surface area contributed by atoms with Crippen molar-refractivity contribution in [1.29, 1.82) is 0 Å². The van der Waals surface area contributed by atoms with E-state index in [2.05, 4.69) is 6.07 Å². The Morgan fingerprint density at radius 2 is 2.12 bits per heavy atom. The minimum atomic E-state index is -0.739. The maximum Gasteiger partial charge on any atom is 0.317 e. The SMILES string of the molecule is CCOC(=O)C1C(=O)C=C(c2cccc(C)c2)CC1c1cccs1. The molecule has 1 aromatic carbocycles. The van der Waals surface area contributed by atoms with Crippen molar-refractivity contribution in [1.82, 2.24) is 0 Å². The Morgan fingerprint density at radius 3 is 2.79 bits per heavy atom. The van der Waals surface area contributed by atoms with Gasteiger partial charge in [0.15, 0.2) is 5.78 Å². The second kappa shape index (κ2) is 7.14. The smallest absolute Gasteiger partial charge is 0.317 e. The molecule has 0 spiro atoms. The normalized spacial score (nSPS) is 20.6. The number of hydrogen-bond acceptors (Lipinski definition) is 4. The van der Waals surface area contributed by atoms with Crippen molar-refractivity contribution < 1.29 is 14.3 Å². The molecule has 0 radical (unpaired) electrons. The molecule has 1 aromatic heterocycles. The van der Waals surface area contributed by atoms with Crippen molar-refractivity contribution >= 4 is 28.7 Å². The van der Waals surface area contributed by atoms with Gasteiger partial charge in [-0.3, -0.25) is 9.59 Å². The first kappa shape index (κ1) is 16.7. The molecule has 124 valence electrons. The lowest BCUT2D eigenvalue weighted by Gasteiger charge is -2.28. The molecule has 0 saturated carbocycles. The van der Waals surface area contributed by atoms with Gasteiger partial charge >= 0.3 is 5.97 Å². The molecule has 0 aliphatic heterocycles. The van der Waals surface area contributed by atoms with Gasteiger partial charge in [0.25, 0.3) is 0 Å². The van der Waals surface area contributed by atoms with Gasteiger partial charge in [-0.1, -0.05) is 35.9 Å². The van der Waals surface area contributed by atoms with Crippen LogP contribution in [0.5, 0.6) is 0 Å². The third kappa shape index (κ3) is 3.34. The number of carbonyl (C=O) groups is 2. The lowest BCUT2D eigenvalue weighted by molar-refractivity contribution is -0.151. The number of rotatable bonds is 4. The lowest BCUT2D eigenvalue weighted by Crippen LogP contribution is -2.33. The van der Waals surface area contributed by atoms with Crippen LogP contribution in [0.2, 0.25) is 0 Å². The molecule has 4 heteroatoms. The van der Waals surface area contributed by atoms with Gasteiger partial charge in [0.1, 0.15) is 5.92 Å². The molecule has 1 aliphatic rings. The summed E-state index contributed by atoms with van der Waals surface area (Å²) in [5.74, 6) is -1.47. The first-order valence-electron chi connectivity index (χ1n) is 8.11. The zero-order valence-corrected chi connectivity index (χ0v) is 14.6. The van der Waals surface area contributed by atoms with E-state index in [9.17, 15) is 9.59 Å². The van der Waals surface area contributed by atoms with Crippen molar-refractivity contribution in [2.75, 3.05) is 6.61 Å². The van der Waals surface area contributed by atoms with E-state index in [-0.39, 0.29) is 18.3 Å². The van der Waals surface area contributed by atoms with Gasteiger partial charge in [0, 0.05) is 10.8 Å². The molecule has 1 aliphatic carbocycles. The largest absolute Gasteiger partial charge is 0.465 e. The first-order chi connectivity index (χ1) is 11.6. The fourth-order valence-electron chi connectivity index (χ4n) is 3.20. The zero-order valence-electron chi connectivity index (χ0n) is 13.8. The topological polar surface area (TPSA) is 43.4 Å². The molecule has 0 saturated heterocycles. The summed E-state index contributed by atoms with van der Waals surface area (Å²) in [6, 6.07) is 12.1. The number of thiophene rings is 1. The van der Waals surface area contributed by atoms with Crippen molar-refractivity contribution in [3.8, 4) is 0 Å². The van der Waals surface area contributed by atoms with Crippen LogP contribution in [-0.4, -0.2) is 18.4 Å². The summed E-state index contributed by atoms with van der Waals surface area (Å²) < 4.78 is 5.16. The quantitative estimate of drug-likeness (QED) is 0.613. The van der Waals surface area contributed by atoms with Gasteiger partial charge in [-0.25, -0.2) is 0 Å². The predicted molar refractivity (Wildman–Crippen MR) is 96.0 cm³/mol. The molecule has 3 rings (SSSR count). The molecule has 0 amide bonds. The monoisotopic (exact) mass is 340 g/mol. The van der Waals surface area contributed by atoms with E-state index < -0.39 is 11.9 Å². The number of aryl methyl sites for hydroxylation is 1. The van der Waals surface area contributed by atoms with Crippen molar-refractivity contribution in [3.05, 3.63) is 63.9 Å². The fraction of sp³-hybridized carbons (Fsp3) is 0.300. The van der Waals surface area contributed by atoms with Crippen LogP contribution in [-0.2, 0) is 14.3 Å². The van der Waals surface area contributed by atoms with Crippen LogP contribution in [0.15, 0.2) is 47.9 Å². The number of carbonyl (C=O) groups excluding carboxylic acids is 2. The van der Waals surface area contributed by atoms with E-state index in [1.807, 2.05) is 42.6 Å². The van der Waals surface area contributed by atoms with Gasteiger partial charge in [-0.2, -0.15) is 0 Å². The first-order valence-corrected chi connectivity index (χ1v) is 8.99.